The van der Waals surface area contributed by atoms with E-state index in [4.69, 9.17) is 22.1 Å². The predicted molar refractivity (Wildman–Crippen MR) is 93.1 cm³/mol. The Morgan fingerprint density at radius 2 is 1.88 bits per heavy atom. The molecule has 126 valence electrons. The lowest BCUT2D eigenvalue weighted by Gasteiger charge is -2.28. The fourth-order valence-corrected chi connectivity index (χ4v) is 2.68. The minimum Gasteiger partial charge on any atom is -0.496 e. The first-order valence-electron chi connectivity index (χ1n) is 7.38. The molecule has 2 N–H and O–H groups in total. The number of carbonyl (C=O) groups is 2. The molecule has 0 spiro atoms. The third-order valence-electron chi connectivity index (χ3n) is 3.76. The zero-order valence-electron chi connectivity index (χ0n) is 13.5. The Hall–Kier alpha value is -2.53. The van der Waals surface area contributed by atoms with Crippen molar-refractivity contribution in [2.75, 3.05) is 14.2 Å². The van der Waals surface area contributed by atoms with Gasteiger partial charge in [-0.3, -0.25) is 9.59 Å². The van der Waals surface area contributed by atoms with Gasteiger partial charge in [-0.05, 0) is 23.8 Å². The number of rotatable bonds is 6. The molecule has 0 aliphatic carbocycles. The molecule has 2 rings (SSSR count). The molecule has 1 unspecified atom stereocenters. The van der Waals surface area contributed by atoms with E-state index in [1.807, 2.05) is 30.3 Å². The minimum absolute atomic E-state index is 0.0299. The van der Waals surface area contributed by atoms with Crippen molar-refractivity contribution in [3.63, 3.8) is 0 Å². The Kier molecular flexibility index (Phi) is 5.82. The summed E-state index contributed by atoms with van der Waals surface area (Å²) in [4.78, 5) is 25.8. The lowest BCUT2D eigenvalue weighted by atomic mass is 10.0. The molecule has 0 aliphatic heterocycles. The summed E-state index contributed by atoms with van der Waals surface area (Å²) >= 11 is 5.94. The fraction of sp³-hybridized carbons (Fsp3) is 0.222. The van der Waals surface area contributed by atoms with Gasteiger partial charge in [-0.15, -0.1) is 0 Å². The average molecular weight is 347 g/mol. The number of primary amides is 1. The number of carbonyl (C=O) groups excluding carboxylic acids is 2. The Balaban J connectivity index is 2.37. The van der Waals surface area contributed by atoms with Gasteiger partial charge in [0.15, 0.2) is 0 Å². The van der Waals surface area contributed by atoms with E-state index in [9.17, 15) is 9.59 Å². The van der Waals surface area contributed by atoms with E-state index in [2.05, 4.69) is 0 Å². The van der Waals surface area contributed by atoms with Crippen molar-refractivity contribution in [3.05, 3.63) is 64.7 Å². The number of hydrogen-bond acceptors (Lipinski definition) is 3. The summed E-state index contributed by atoms with van der Waals surface area (Å²) in [5.74, 6) is -0.379. The Labute approximate surface area is 146 Å². The highest BCUT2D eigenvalue weighted by atomic mass is 35.5. The van der Waals surface area contributed by atoms with E-state index in [1.54, 1.807) is 25.2 Å². The molecule has 6 heteroatoms. The van der Waals surface area contributed by atoms with E-state index in [1.165, 1.54) is 12.0 Å². The van der Waals surface area contributed by atoms with Crippen LogP contribution in [0.3, 0.4) is 0 Å². The number of methoxy groups -OCH3 is 1. The second kappa shape index (κ2) is 7.84. The average Bonchev–Trinajstić information content (AvgIpc) is 2.59. The monoisotopic (exact) mass is 346 g/mol. The van der Waals surface area contributed by atoms with Gasteiger partial charge in [0, 0.05) is 12.1 Å². The van der Waals surface area contributed by atoms with Crippen LogP contribution in [-0.4, -0.2) is 30.9 Å². The number of amides is 2. The number of halogens is 1. The van der Waals surface area contributed by atoms with Gasteiger partial charge in [-0.25, -0.2) is 0 Å². The van der Waals surface area contributed by atoms with Crippen molar-refractivity contribution in [2.45, 2.75) is 12.5 Å². The second-order valence-corrected chi connectivity index (χ2v) is 5.79. The van der Waals surface area contributed by atoms with Gasteiger partial charge in [0.2, 0.25) is 5.91 Å². The summed E-state index contributed by atoms with van der Waals surface area (Å²) < 4.78 is 5.24. The normalized spacial score (nSPS) is 11.6. The van der Waals surface area contributed by atoms with Gasteiger partial charge < -0.3 is 15.4 Å². The van der Waals surface area contributed by atoms with E-state index in [-0.39, 0.29) is 12.3 Å². The molecule has 2 aromatic rings. The Bertz CT molecular complexity index is 734. The van der Waals surface area contributed by atoms with Crippen LogP contribution in [0.25, 0.3) is 0 Å². The standard InChI is InChI=1S/C18H19ClN2O3/c1-21(15(11-17(20)22)12-6-4-3-5-7-12)18(23)14-9-8-13(19)10-16(14)24-2/h3-10,15H,11H2,1-2H3,(H2,20,22). The van der Waals surface area contributed by atoms with Crippen molar-refractivity contribution in [2.24, 2.45) is 5.73 Å². The van der Waals surface area contributed by atoms with Crippen LogP contribution in [0.1, 0.15) is 28.4 Å². The van der Waals surface area contributed by atoms with E-state index in [0.29, 0.717) is 16.3 Å². The molecule has 0 bridgehead atoms. The van der Waals surface area contributed by atoms with E-state index in [0.717, 1.165) is 5.56 Å². The van der Waals surface area contributed by atoms with Crippen molar-refractivity contribution < 1.29 is 14.3 Å². The lowest BCUT2D eigenvalue weighted by molar-refractivity contribution is -0.119. The number of nitrogens with two attached hydrogens (primary N) is 1. The van der Waals surface area contributed by atoms with Crippen molar-refractivity contribution in [3.8, 4) is 5.75 Å². The Morgan fingerprint density at radius 3 is 2.46 bits per heavy atom. The van der Waals surface area contributed by atoms with Gasteiger partial charge in [0.25, 0.3) is 5.91 Å². The molecule has 0 saturated heterocycles. The van der Waals surface area contributed by atoms with Crippen LogP contribution in [0.2, 0.25) is 5.02 Å². The number of hydrogen-bond donors (Lipinski definition) is 1. The summed E-state index contributed by atoms with van der Waals surface area (Å²) in [6.07, 6.45) is 0.0299. The van der Waals surface area contributed by atoms with Gasteiger partial charge in [0.05, 0.1) is 25.1 Å². The molecule has 0 fully saturated rings. The zero-order valence-corrected chi connectivity index (χ0v) is 14.3. The molecule has 24 heavy (non-hydrogen) atoms. The van der Waals surface area contributed by atoms with Crippen LogP contribution in [0.4, 0.5) is 0 Å². The molecule has 2 aromatic carbocycles. The molecule has 2 amide bonds. The third kappa shape index (κ3) is 4.06. The van der Waals surface area contributed by atoms with Gasteiger partial charge in [-0.1, -0.05) is 41.9 Å². The van der Waals surface area contributed by atoms with Crippen molar-refractivity contribution in [1.82, 2.24) is 4.90 Å². The first-order chi connectivity index (χ1) is 11.4. The molecular formula is C18H19ClN2O3. The number of ether oxygens (including phenoxy) is 1. The van der Waals surface area contributed by atoms with Crippen LogP contribution in [0.15, 0.2) is 48.5 Å². The molecule has 1 atom stereocenters. The highest BCUT2D eigenvalue weighted by molar-refractivity contribution is 6.30. The van der Waals surface area contributed by atoms with Crippen molar-refractivity contribution >= 4 is 23.4 Å². The highest BCUT2D eigenvalue weighted by Crippen LogP contribution is 2.29. The van der Waals surface area contributed by atoms with Gasteiger partial charge in [-0.2, -0.15) is 0 Å². The maximum Gasteiger partial charge on any atom is 0.257 e. The maximum atomic E-state index is 12.9. The smallest absolute Gasteiger partial charge is 0.257 e. The van der Waals surface area contributed by atoms with Crippen LogP contribution in [-0.2, 0) is 4.79 Å². The topological polar surface area (TPSA) is 72.6 Å². The molecule has 0 radical (unpaired) electrons. The molecule has 0 heterocycles. The fourth-order valence-electron chi connectivity index (χ4n) is 2.52. The molecule has 5 nitrogen and oxygen atoms in total. The number of benzene rings is 2. The predicted octanol–water partition coefficient (Wildman–Crippen LogP) is 3.04. The van der Waals surface area contributed by atoms with Crippen LogP contribution >= 0.6 is 11.6 Å². The van der Waals surface area contributed by atoms with Crippen molar-refractivity contribution in [1.29, 1.82) is 0 Å². The largest absolute Gasteiger partial charge is 0.496 e. The summed E-state index contributed by atoms with van der Waals surface area (Å²) in [7, 11) is 3.11. The molecule has 0 saturated carbocycles. The summed E-state index contributed by atoms with van der Waals surface area (Å²) in [5.41, 5.74) is 6.57. The minimum atomic E-state index is -0.480. The molecular weight excluding hydrogens is 328 g/mol. The molecule has 0 aliphatic rings. The number of nitrogens with zero attached hydrogens (tertiary/aromatic N) is 1. The Morgan fingerprint density at radius 1 is 1.21 bits per heavy atom. The van der Waals surface area contributed by atoms with Crippen LogP contribution in [0, 0.1) is 0 Å². The summed E-state index contributed by atoms with van der Waals surface area (Å²) in [6.45, 7) is 0. The SMILES string of the molecule is COc1cc(Cl)ccc1C(=O)N(C)C(CC(N)=O)c1ccccc1. The maximum absolute atomic E-state index is 12.9. The van der Waals surface area contributed by atoms with E-state index >= 15 is 0 Å². The lowest BCUT2D eigenvalue weighted by Crippen LogP contribution is -2.34. The second-order valence-electron chi connectivity index (χ2n) is 5.36. The third-order valence-corrected chi connectivity index (χ3v) is 4.00. The highest BCUT2D eigenvalue weighted by Gasteiger charge is 2.26. The van der Waals surface area contributed by atoms with Crippen LogP contribution in [0.5, 0.6) is 5.75 Å². The first kappa shape index (κ1) is 17.8. The quantitative estimate of drug-likeness (QED) is 0.873. The summed E-state index contributed by atoms with van der Waals surface area (Å²) in [5, 5.41) is 0.475. The van der Waals surface area contributed by atoms with Crippen LogP contribution < -0.4 is 10.5 Å². The zero-order chi connectivity index (χ0) is 17.7. The van der Waals surface area contributed by atoms with Gasteiger partial charge in [0.1, 0.15) is 5.75 Å². The first-order valence-corrected chi connectivity index (χ1v) is 7.75. The van der Waals surface area contributed by atoms with Gasteiger partial charge >= 0.3 is 0 Å². The van der Waals surface area contributed by atoms with E-state index < -0.39 is 11.9 Å². The molecule has 0 aromatic heterocycles. The summed E-state index contributed by atoms with van der Waals surface area (Å²) in [6, 6.07) is 13.6.